The van der Waals surface area contributed by atoms with Crippen LogP contribution in [0.5, 0.6) is 0 Å². The lowest BCUT2D eigenvalue weighted by atomic mass is 9.94. The summed E-state index contributed by atoms with van der Waals surface area (Å²) in [5.74, 6) is -3.27. The fourth-order valence-electron chi connectivity index (χ4n) is 4.69. The number of carbonyl (C=O) groups is 4. The van der Waals surface area contributed by atoms with Crippen LogP contribution in [0, 0.1) is 11.3 Å². The molecule has 1 saturated heterocycles. The Bertz CT molecular complexity index is 1710. The molecule has 0 amide bonds. The second-order valence-corrected chi connectivity index (χ2v) is 11.2. The van der Waals surface area contributed by atoms with Crippen molar-refractivity contribution in [3.05, 3.63) is 144 Å². The van der Waals surface area contributed by atoms with E-state index in [-0.39, 0.29) is 22.3 Å². The van der Waals surface area contributed by atoms with Crippen molar-refractivity contribution >= 4 is 39.8 Å². The Balaban J connectivity index is 1.54. The number of nitrogens with zero attached hydrogens (tertiary/aromatic N) is 1. The third-order valence-electron chi connectivity index (χ3n) is 6.97. The van der Waals surface area contributed by atoms with Gasteiger partial charge in [0.25, 0.3) is 4.51 Å². The fraction of sp³-hybridized carbons (Fsp3) is 0.171. The van der Waals surface area contributed by atoms with Gasteiger partial charge < -0.3 is 23.7 Å². The highest BCUT2D eigenvalue weighted by Crippen LogP contribution is 2.40. The number of esters is 4. The van der Waals surface area contributed by atoms with Crippen LogP contribution in [-0.4, -0.2) is 59.4 Å². The van der Waals surface area contributed by atoms with Gasteiger partial charge in [0.15, 0.2) is 18.3 Å². The van der Waals surface area contributed by atoms with Crippen LogP contribution in [-0.2, 0) is 23.7 Å². The molecular weight excluding hydrogens is 658 g/mol. The van der Waals surface area contributed by atoms with Crippen LogP contribution in [0.15, 0.2) is 121 Å². The Morgan fingerprint density at radius 1 is 0.609 bits per heavy atom. The molecule has 5 rings (SSSR count). The first-order valence-electron chi connectivity index (χ1n) is 14.1. The summed E-state index contributed by atoms with van der Waals surface area (Å²) in [7, 11) is 0. The van der Waals surface area contributed by atoms with Gasteiger partial charge in [0, 0.05) is 0 Å². The maximum Gasteiger partial charge on any atom is 0.338 e. The summed E-state index contributed by atoms with van der Waals surface area (Å²) in [6.45, 7) is -0.533. The van der Waals surface area contributed by atoms with Crippen LogP contribution in [0.1, 0.15) is 41.4 Å². The van der Waals surface area contributed by atoms with E-state index >= 15 is 0 Å². The summed E-state index contributed by atoms with van der Waals surface area (Å²) < 4.78 is 27.0. The van der Waals surface area contributed by atoms with Crippen molar-refractivity contribution in [1.29, 1.82) is 5.26 Å². The van der Waals surface area contributed by atoms with Crippen molar-refractivity contribution in [2.45, 2.75) is 28.9 Å². The molecule has 0 bridgehead atoms. The molecule has 0 N–H and O–H groups in total. The first-order chi connectivity index (χ1) is 22.3. The van der Waals surface area contributed by atoms with Gasteiger partial charge in [0.2, 0.25) is 0 Å². The lowest BCUT2D eigenvalue weighted by Crippen LogP contribution is -2.65. The summed E-state index contributed by atoms with van der Waals surface area (Å²) in [6, 6.07) is 33.9. The first-order valence-corrected chi connectivity index (χ1v) is 14.9. The van der Waals surface area contributed by atoms with Crippen molar-refractivity contribution < 1.29 is 42.9 Å². The molecule has 0 unspecified atom stereocenters. The molecule has 0 spiro atoms. The molecule has 0 aromatic heterocycles. The maximum atomic E-state index is 13.4. The minimum Gasteiger partial charge on any atom is -0.459 e. The van der Waals surface area contributed by atoms with Crippen LogP contribution in [0.2, 0.25) is 0 Å². The summed E-state index contributed by atoms with van der Waals surface area (Å²) in [5, 5.41) is 10.3. The van der Waals surface area contributed by atoms with Gasteiger partial charge in [-0.2, -0.15) is 5.26 Å². The molecule has 5 atom stereocenters. The Morgan fingerprint density at radius 3 is 1.39 bits per heavy atom. The van der Waals surface area contributed by atoms with Crippen LogP contribution in [0.25, 0.3) is 0 Å². The van der Waals surface area contributed by atoms with E-state index in [4.69, 9.17) is 23.7 Å². The number of alkyl halides is 1. The molecule has 4 aromatic rings. The monoisotopic (exact) mass is 683 g/mol. The molecule has 1 fully saturated rings. The van der Waals surface area contributed by atoms with E-state index < -0.39 is 59.4 Å². The standard InChI is InChI=1S/C35H26BrNO9/c36-35(22-37)30(45-34(41)26-19-11-4-12-20-26)29(44-33(40)25-17-9-3-10-18-25)28(43-32(39)24-15-7-2-8-16-24)27(46-35)21-42-31(38)23-13-5-1-6-14-23/h1-20,27-30H,21H2/t27-,28-,29+,30-,35+/m1/s1. The van der Waals surface area contributed by atoms with Gasteiger partial charge in [0.05, 0.1) is 22.3 Å². The highest BCUT2D eigenvalue weighted by atomic mass is 79.9. The quantitative estimate of drug-likeness (QED) is 0.126. The van der Waals surface area contributed by atoms with Gasteiger partial charge in [-0.3, -0.25) is 0 Å². The molecule has 11 heteroatoms. The highest BCUT2D eigenvalue weighted by molar-refractivity contribution is 9.10. The van der Waals surface area contributed by atoms with Crippen molar-refractivity contribution in [1.82, 2.24) is 0 Å². The van der Waals surface area contributed by atoms with Crippen molar-refractivity contribution in [2.24, 2.45) is 0 Å². The van der Waals surface area contributed by atoms with Gasteiger partial charge in [-0.1, -0.05) is 72.8 Å². The zero-order valence-corrected chi connectivity index (χ0v) is 25.6. The lowest BCUT2D eigenvalue weighted by molar-refractivity contribution is -0.224. The predicted octanol–water partition coefficient (Wildman–Crippen LogP) is 5.53. The SMILES string of the molecule is N#C[C@]1(Br)O[C@H](COC(=O)c2ccccc2)[C@@H](OC(=O)c2ccccc2)[C@H](OC(=O)c2ccccc2)[C@H]1OC(=O)c1ccccc1. The molecule has 1 heterocycles. The Morgan fingerprint density at radius 2 is 0.978 bits per heavy atom. The number of nitriles is 1. The second-order valence-electron chi connectivity index (χ2n) is 10.0. The van der Waals surface area contributed by atoms with Crippen molar-refractivity contribution in [2.75, 3.05) is 6.61 Å². The number of carbonyl (C=O) groups excluding carboxylic acids is 4. The van der Waals surface area contributed by atoms with Crippen LogP contribution in [0.4, 0.5) is 0 Å². The normalized spacial score (nSPS) is 22.0. The van der Waals surface area contributed by atoms with Crippen LogP contribution in [0.3, 0.4) is 0 Å². The van der Waals surface area contributed by atoms with E-state index in [2.05, 4.69) is 15.9 Å². The van der Waals surface area contributed by atoms with Crippen LogP contribution < -0.4 is 0 Å². The Hall–Kier alpha value is -5.31. The summed E-state index contributed by atoms with van der Waals surface area (Å²) in [4.78, 5) is 53.0. The van der Waals surface area contributed by atoms with E-state index in [1.807, 2.05) is 6.07 Å². The molecule has 232 valence electrons. The maximum absolute atomic E-state index is 13.4. The van der Waals surface area contributed by atoms with Gasteiger partial charge in [-0.25, -0.2) is 19.2 Å². The number of halogens is 1. The third-order valence-corrected chi connectivity index (χ3v) is 7.78. The number of rotatable bonds is 9. The molecule has 0 saturated carbocycles. The average molecular weight is 684 g/mol. The predicted molar refractivity (Wildman–Crippen MR) is 166 cm³/mol. The van der Waals surface area contributed by atoms with Gasteiger partial charge >= 0.3 is 23.9 Å². The fourth-order valence-corrected chi connectivity index (χ4v) is 5.28. The Labute approximate surface area is 272 Å². The van der Waals surface area contributed by atoms with E-state index in [9.17, 15) is 24.4 Å². The molecule has 1 aliphatic rings. The molecule has 10 nitrogen and oxygen atoms in total. The minimum absolute atomic E-state index is 0.138. The lowest BCUT2D eigenvalue weighted by Gasteiger charge is -2.46. The van der Waals surface area contributed by atoms with Gasteiger partial charge in [-0.15, -0.1) is 0 Å². The topological polar surface area (TPSA) is 138 Å². The van der Waals surface area contributed by atoms with E-state index in [0.717, 1.165) is 0 Å². The van der Waals surface area contributed by atoms with Gasteiger partial charge in [-0.05, 0) is 64.5 Å². The van der Waals surface area contributed by atoms with E-state index in [0.29, 0.717) is 0 Å². The summed E-state index contributed by atoms with van der Waals surface area (Å²) >= 11 is 3.25. The van der Waals surface area contributed by atoms with Crippen molar-refractivity contribution in [3.63, 3.8) is 0 Å². The molecular formula is C35H26BrNO9. The summed E-state index contributed by atoms with van der Waals surface area (Å²) in [5.41, 5.74) is 0.673. The van der Waals surface area contributed by atoms with Gasteiger partial charge in [0.1, 0.15) is 18.8 Å². The molecule has 4 aromatic carbocycles. The Kier molecular flexibility index (Phi) is 10.2. The molecule has 0 radical (unpaired) electrons. The summed E-state index contributed by atoms with van der Waals surface area (Å²) in [6.07, 6.45) is -6.20. The number of benzene rings is 4. The first kappa shape index (κ1) is 32.1. The molecule has 46 heavy (non-hydrogen) atoms. The number of hydrogen-bond donors (Lipinski definition) is 0. The minimum atomic E-state index is -2.14. The molecule has 0 aliphatic carbocycles. The largest absolute Gasteiger partial charge is 0.459 e. The zero-order chi connectivity index (χ0) is 32.5. The van der Waals surface area contributed by atoms with Crippen molar-refractivity contribution in [3.8, 4) is 6.07 Å². The highest BCUT2D eigenvalue weighted by Gasteiger charge is 2.60. The molecule has 1 aliphatic heterocycles. The van der Waals surface area contributed by atoms with E-state index in [1.165, 1.54) is 36.4 Å². The smallest absolute Gasteiger partial charge is 0.338 e. The zero-order valence-electron chi connectivity index (χ0n) is 24.1. The number of hydrogen-bond acceptors (Lipinski definition) is 10. The third kappa shape index (κ3) is 7.48. The number of ether oxygens (including phenoxy) is 5. The second kappa shape index (κ2) is 14.6. The van der Waals surface area contributed by atoms with Crippen LogP contribution >= 0.6 is 15.9 Å². The van der Waals surface area contributed by atoms with E-state index in [1.54, 1.807) is 84.9 Å². The average Bonchev–Trinajstić information content (AvgIpc) is 3.11.